The topological polar surface area (TPSA) is 209 Å². The van der Waals surface area contributed by atoms with Crippen LogP contribution in [0.1, 0.15) is 122 Å². The molecule has 0 spiro atoms. The predicted molar refractivity (Wildman–Crippen MR) is 226 cm³/mol. The van der Waals surface area contributed by atoms with Gasteiger partial charge in [0.1, 0.15) is 5.75 Å². The maximum absolute atomic E-state index is 12.8. The second kappa shape index (κ2) is 17.6. The molecule has 2 aromatic rings. The number of amides is 4. The molecule has 2 aromatic carbocycles. The van der Waals surface area contributed by atoms with E-state index in [1.54, 1.807) is 9.80 Å². The molecule has 0 atom stereocenters. The lowest BCUT2D eigenvalue weighted by atomic mass is 9.99. The Morgan fingerprint density at radius 2 is 1.02 bits per heavy atom. The number of primary sulfonamides is 1. The largest absolute Gasteiger partial charge is 0.387 e. The molecular formula is C44H58N6O8S2. The molecule has 4 N–H and O–H groups in total. The van der Waals surface area contributed by atoms with E-state index in [0.29, 0.717) is 51.9 Å². The molecule has 0 bridgehead atoms. The molecule has 16 heteroatoms. The lowest BCUT2D eigenvalue weighted by Crippen LogP contribution is -2.47. The van der Waals surface area contributed by atoms with Crippen molar-refractivity contribution in [2.45, 2.75) is 139 Å². The van der Waals surface area contributed by atoms with Crippen LogP contribution in [0.4, 0.5) is 10.5 Å². The molecule has 2 saturated heterocycles. The number of ether oxygens (including phenoxy) is 1. The van der Waals surface area contributed by atoms with E-state index in [9.17, 15) is 31.2 Å². The van der Waals surface area contributed by atoms with Crippen LogP contribution in [0, 0.1) is 23.4 Å². The summed E-state index contributed by atoms with van der Waals surface area (Å²) in [4.78, 5) is 40.1. The monoisotopic (exact) mass is 862 g/mol. The highest BCUT2D eigenvalue weighted by Gasteiger charge is 2.39. The van der Waals surface area contributed by atoms with Crippen LogP contribution in [0.15, 0.2) is 12.1 Å². The highest BCUT2D eigenvalue weighted by Crippen LogP contribution is 2.41. The van der Waals surface area contributed by atoms with E-state index >= 15 is 0 Å². The van der Waals surface area contributed by atoms with Gasteiger partial charge >= 0.3 is 6.03 Å². The first kappa shape index (κ1) is 42.5. The van der Waals surface area contributed by atoms with Gasteiger partial charge in [-0.15, -0.1) is 5.26 Å². The molecule has 2 heterocycles. The van der Waals surface area contributed by atoms with Gasteiger partial charge in [0, 0.05) is 43.7 Å². The Morgan fingerprint density at radius 3 is 1.42 bits per heavy atom. The molecule has 10 rings (SSSR count). The number of nitriles is 1. The standard InChI is InChI=1S/C22H29N3O4S.C13H13NO.C9H16N2O3S/c26-21(14-7-8-14)25-11-9-17(10-12-25)30(28,29)24-22(27)23-20-18-5-1-3-15(18)13-16-4-2-6-19(16)20;14-8-15-13-11-5-1-3-9(11)7-10-4-2-6-12(10)13;10-15(13,14)8-3-5-11(6-4-8)9(12)7-1-2-7/h13-14,17H,1-12H2,(H2,23,24,27);7H,1-6H2;7-8H,1-6H2,(H2,10,13,14). The summed E-state index contributed by atoms with van der Waals surface area (Å²) in [6, 6.07) is 3.96. The molecule has 4 fully saturated rings. The fraction of sp³-hybridized carbons (Fsp3) is 0.636. The molecule has 60 heavy (non-hydrogen) atoms. The number of aryl methyl sites for hydroxylation is 4. The summed E-state index contributed by atoms with van der Waals surface area (Å²) >= 11 is 0. The van der Waals surface area contributed by atoms with Crippen molar-refractivity contribution in [3.05, 3.63) is 56.6 Å². The number of anilines is 1. The van der Waals surface area contributed by atoms with Crippen LogP contribution in [0.5, 0.6) is 5.75 Å². The molecule has 14 nitrogen and oxygen atoms in total. The number of carbonyl (C=O) groups excluding carboxylic acids is 3. The maximum Gasteiger partial charge on any atom is 0.332 e. The van der Waals surface area contributed by atoms with Gasteiger partial charge in [0.2, 0.25) is 31.9 Å². The molecule has 0 radical (unpaired) electrons. The van der Waals surface area contributed by atoms with E-state index in [-0.39, 0.29) is 23.7 Å². The third-order valence-corrected chi connectivity index (χ3v) is 17.0. The first-order chi connectivity index (χ1) is 28.8. The Bertz CT molecular complexity index is 2220. The number of carbonyl (C=O) groups is 3. The zero-order valence-electron chi connectivity index (χ0n) is 34.4. The number of sulfonamides is 2. The van der Waals surface area contributed by atoms with Crippen molar-refractivity contribution in [2.75, 3.05) is 31.5 Å². The Kier molecular flexibility index (Phi) is 12.5. The van der Waals surface area contributed by atoms with E-state index in [2.05, 4.69) is 22.2 Å². The normalized spacial score (nSPS) is 20.9. The summed E-state index contributed by atoms with van der Waals surface area (Å²) in [5, 5.41) is 15.6. The van der Waals surface area contributed by atoms with Gasteiger partial charge in [0.25, 0.3) is 6.26 Å². The van der Waals surface area contributed by atoms with Gasteiger partial charge in [0.15, 0.2) is 0 Å². The number of urea groups is 1. The number of piperidine rings is 2. The quantitative estimate of drug-likeness (QED) is 0.329. The minimum atomic E-state index is -3.78. The van der Waals surface area contributed by atoms with E-state index in [0.717, 1.165) is 101 Å². The number of likely N-dealkylation sites (tertiary alicyclic amines) is 2. The number of nitrogens with two attached hydrogens (primary N) is 1. The lowest BCUT2D eigenvalue weighted by molar-refractivity contribution is -0.134. The van der Waals surface area contributed by atoms with Gasteiger partial charge in [0.05, 0.1) is 10.5 Å². The molecule has 2 aliphatic heterocycles. The van der Waals surface area contributed by atoms with Crippen molar-refractivity contribution in [1.29, 1.82) is 5.26 Å². The number of hydrogen-bond acceptors (Lipinski definition) is 9. The van der Waals surface area contributed by atoms with Crippen molar-refractivity contribution in [2.24, 2.45) is 17.0 Å². The smallest absolute Gasteiger partial charge is 0.332 e. The van der Waals surface area contributed by atoms with Gasteiger partial charge in [-0.3, -0.25) is 9.59 Å². The Morgan fingerprint density at radius 1 is 0.617 bits per heavy atom. The lowest BCUT2D eigenvalue weighted by Gasteiger charge is -2.31. The second-order valence-electron chi connectivity index (χ2n) is 17.9. The van der Waals surface area contributed by atoms with Crippen LogP contribution < -0.4 is 19.9 Å². The van der Waals surface area contributed by atoms with Gasteiger partial charge in [-0.2, -0.15) is 0 Å². The van der Waals surface area contributed by atoms with Crippen LogP contribution in [0.3, 0.4) is 0 Å². The summed E-state index contributed by atoms with van der Waals surface area (Å²) in [5.41, 5.74) is 11.2. The van der Waals surface area contributed by atoms with E-state index in [4.69, 9.17) is 15.1 Å². The Hall–Kier alpha value is -4.20. The predicted octanol–water partition coefficient (Wildman–Crippen LogP) is 4.72. The zero-order chi connectivity index (χ0) is 42.2. The number of nitrogens with zero attached hydrogens (tertiary/aromatic N) is 3. The van der Waals surface area contributed by atoms with Crippen molar-refractivity contribution in [1.82, 2.24) is 14.5 Å². The van der Waals surface area contributed by atoms with Crippen molar-refractivity contribution in [3.63, 3.8) is 0 Å². The van der Waals surface area contributed by atoms with Crippen molar-refractivity contribution < 1.29 is 36.0 Å². The summed E-state index contributed by atoms with van der Waals surface area (Å²) in [6.07, 6.45) is 20.4. The molecule has 4 amide bonds. The minimum Gasteiger partial charge on any atom is -0.387 e. The first-order valence-corrected chi connectivity index (χ1v) is 25.3. The SMILES string of the molecule is N#COc1c2c(cc3c1CCC3)CCC2.NS(=O)(=O)C1CCN(C(=O)C2CC2)CC1.O=C(Nc1c2c(cc3c1CCC3)CCC2)NS(=O)(=O)C1CCN(C(=O)C2CC2)CC1. The third-order valence-electron chi connectivity index (χ3n) is 13.8. The second-order valence-corrected chi connectivity index (χ2v) is 21.7. The minimum absolute atomic E-state index is 0.149. The van der Waals surface area contributed by atoms with Crippen molar-refractivity contribution >= 4 is 43.6 Å². The summed E-state index contributed by atoms with van der Waals surface area (Å²) in [7, 11) is -7.20. The Labute approximate surface area is 354 Å². The number of nitrogens with one attached hydrogen (secondary N) is 2. The molecule has 0 unspecified atom stereocenters. The number of hydrogen-bond donors (Lipinski definition) is 3. The molecule has 2 saturated carbocycles. The fourth-order valence-electron chi connectivity index (χ4n) is 10.2. The first-order valence-electron chi connectivity index (χ1n) is 22.1. The van der Waals surface area contributed by atoms with Crippen LogP contribution in [-0.4, -0.2) is 81.2 Å². The number of fused-ring (bicyclic) bond motifs is 4. The molecule has 324 valence electrons. The summed E-state index contributed by atoms with van der Waals surface area (Å²) in [5.74, 6) is 1.62. The molecular weight excluding hydrogens is 805 g/mol. The third kappa shape index (κ3) is 9.48. The van der Waals surface area contributed by atoms with E-state index in [1.807, 2.05) is 6.26 Å². The van der Waals surface area contributed by atoms with Crippen LogP contribution in [0.2, 0.25) is 0 Å². The van der Waals surface area contributed by atoms with Crippen molar-refractivity contribution in [3.8, 4) is 12.0 Å². The Balaban J connectivity index is 0.000000139. The van der Waals surface area contributed by atoms with Crippen LogP contribution in [0.25, 0.3) is 0 Å². The van der Waals surface area contributed by atoms with Gasteiger partial charge in [-0.05, 0) is 173 Å². The van der Waals surface area contributed by atoms with Gasteiger partial charge < -0.3 is 19.9 Å². The fourth-order valence-corrected chi connectivity index (χ4v) is 12.4. The van der Waals surface area contributed by atoms with E-state index in [1.165, 1.54) is 57.3 Å². The maximum atomic E-state index is 12.8. The number of benzene rings is 2. The highest BCUT2D eigenvalue weighted by atomic mass is 32.2. The molecule has 0 aromatic heterocycles. The molecule has 8 aliphatic rings. The zero-order valence-corrected chi connectivity index (χ0v) is 36.1. The van der Waals surface area contributed by atoms with Crippen LogP contribution >= 0.6 is 0 Å². The highest BCUT2D eigenvalue weighted by molar-refractivity contribution is 7.90. The summed E-state index contributed by atoms with van der Waals surface area (Å²) in [6.45, 7) is 1.97. The van der Waals surface area contributed by atoms with Crippen LogP contribution in [-0.2, 0) is 81.0 Å². The number of rotatable bonds is 7. The van der Waals surface area contributed by atoms with Gasteiger partial charge in [-0.1, -0.05) is 12.1 Å². The van der Waals surface area contributed by atoms with Gasteiger partial charge in [-0.25, -0.2) is 31.5 Å². The molecule has 6 aliphatic carbocycles. The average Bonchev–Trinajstić information content (AvgIpc) is 4.01. The average molecular weight is 863 g/mol. The summed E-state index contributed by atoms with van der Waals surface area (Å²) < 4.78 is 55.2. The van der Waals surface area contributed by atoms with E-state index < -0.39 is 36.6 Å².